The van der Waals surface area contributed by atoms with E-state index < -0.39 is 0 Å². The summed E-state index contributed by atoms with van der Waals surface area (Å²) in [5.74, 6) is 0. The number of hydrogen-bond donors (Lipinski definition) is 3. The molecule has 0 bridgehead atoms. The molecule has 0 saturated heterocycles. The molecule has 1 aromatic heterocycles. The van der Waals surface area contributed by atoms with Crippen LogP contribution in [0, 0.1) is 6.92 Å². The number of H-pyrrole nitrogens is 1. The first-order chi connectivity index (χ1) is 6.83. The van der Waals surface area contributed by atoms with Crippen molar-refractivity contribution in [3.05, 3.63) is 17.5 Å². The van der Waals surface area contributed by atoms with Crippen LogP contribution >= 0.6 is 0 Å². The molecule has 0 atom stereocenters. The van der Waals surface area contributed by atoms with Crippen molar-refractivity contribution in [2.24, 2.45) is 0 Å². The fraction of sp³-hybridized carbons (Fsp3) is 0.700. The molecule has 0 amide bonds. The summed E-state index contributed by atoms with van der Waals surface area (Å²) in [6.45, 7) is 8.15. The summed E-state index contributed by atoms with van der Waals surface area (Å²) in [7, 11) is 0. The van der Waals surface area contributed by atoms with E-state index in [0.717, 1.165) is 37.6 Å². The van der Waals surface area contributed by atoms with Gasteiger partial charge >= 0.3 is 0 Å². The van der Waals surface area contributed by atoms with E-state index in [-0.39, 0.29) is 0 Å². The lowest BCUT2D eigenvalue weighted by Crippen LogP contribution is -2.27. The molecular weight excluding hydrogens is 176 g/mol. The molecule has 1 rings (SSSR count). The number of nitrogens with one attached hydrogen (secondary N) is 3. The quantitative estimate of drug-likeness (QED) is 0.566. The average molecular weight is 196 g/mol. The first kappa shape index (κ1) is 11.2. The molecule has 0 saturated carbocycles. The standard InChI is InChI=1S/C10H20N4/c1-3-4-11-5-6-12-8-10-7-9(2)13-14-10/h7,11-12H,3-6,8H2,1-2H3,(H,13,14). The normalized spacial score (nSPS) is 10.7. The Morgan fingerprint density at radius 1 is 1.29 bits per heavy atom. The Kier molecular flexibility index (Phi) is 5.25. The summed E-state index contributed by atoms with van der Waals surface area (Å²) in [6.07, 6.45) is 1.19. The van der Waals surface area contributed by atoms with Crippen molar-refractivity contribution in [2.75, 3.05) is 19.6 Å². The van der Waals surface area contributed by atoms with Crippen LogP contribution in [0.3, 0.4) is 0 Å². The molecule has 1 heterocycles. The smallest absolute Gasteiger partial charge is 0.0762 e. The Labute approximate surface area is 85.5 Å². The van der Waals surface area contributed by atoms with E-state index in [1.807, 2.05) is 6.92 Å². The molecule has 0 spiro atoms. The lowest BCUT2D eigenvalue weighted by atomic mass is 10.3. The van der Waals surface area contributed by atoms with Gasteiger partial charge in [0.25, 0.3) is 0 Å². The van der Waals surface area contributed by atoms with Gasteiger partial charge in [-0.15, -0.1) is 0 Å². The molecule has 0 aliphatic heterocycles. The molecular formula is C10H20N4. The van der Waals surface area contributed by atoms with Crippen LogP contribution in [0.1, 0.15) is 24.7 Å². The summed E-state index contributed by atoms with van der Waals surface area (Å²) in [4.78, 5) is 0. The van der Waals surface area contributed by atoms with E-state index in [0.29, 0.717) is 0 Å². The van der Waals surface area contributed by atoms with Gasteiger partial charge < -0.3 is 10.6 Å². The van der Waals surface area contributed by atoms with Crippen molar-refractivity contribution < 1.29 is 0 Å². The van der Waals surface area contributed by atoms with E-state index >= 15 is 0 Å². The Morgan fingerprint density at radius 3 is 2.71 bits per heavy atom. The first-order valence-corrected chi connectivity index (χ1v) is 5.25. The average Bonchev–Trinajstić information content (AvgIpc) is 2.58. The maximum absolute atomic E-state index is 4.14. The topological polar surface area (TPSA) is 52.7 Å². The van der Waals surface area contributed by atoms with E-state index in [9.17, 15) is 0 Å². The molecule has 4 nitrogen and oxygen atoms in total. The van der Waals surface area contributed by atoms with Crippen LogP contribution in [0.5, 0.6) is 0 Å². The van der Waals surface area contributed by atoms with Crippen LogP contribution < -0.4 is 10.6 Å². The third-order valence-electron chi connectivity index (χ3n) is 1.97. The fourth-order valence-electron chi connectivity index (χ4n) is 1.26. The van der Waals surface area contributed by atoms with Gasteiger partial charge in [-0.1, -0.05) is 6.92 Å². The number of nitrogens with zero attached hydrogens (tertiary/aromatic N) is 1. The monoisotopic (exact) mass is 196 g/mol. The maximum Gasteiger partial charge on any atom is 0.0762 e. The summed E-state index contributed by atoms with van der Waals surface area (Å²) in [5, 5.41) is 13.7. The van der Waals surface area contributed by atoms with E-state index in [2.05, 4.69) is 33.8 Å². The number of aryl methyl sites for hydroxylation is 1. The first-order valence-electron chi connectivity index (χ1n) is 5.25. The number of aromatic amines is 1. The van der Waals surface area contributed by atoms with Crippen LogP contribution in [0.25, 0.3) is 0 Å². The molecule has 80 valence electrons. The van der Waals surface area contributed by atoms with E-state index in [1.165, 1.54) is 6.42 Å². The molecule has 0 aliphatic rings. The molecule has 3 N–H and O–H groups in total. The van der Waals surface area contributed by atoms with Crippen molar-refractivity contribution in [3.63, 3.8) is 0 Å². The van der Waals surface area contributed by atoms with Gasteiger partial charge in [-0.05, 0) is 26.0 Å². The van der Waals surface area contributed by atoms with Gasteiger partial charge in [-0.3, -0.25) is 5.10 Å². The SMILES string of the molecule is CCCNCCNCc1cc(C)[nH]n1. The van der Waals surface area contributed by atoms with Crippen molar-refractivity contribution in [1.82, 2.24) is 20.8 Å². The van der Waals surface area contributed by atoms with Crippen LogP contribution in [0.4, 0.5) is 0 Å². The Morgan fingerprint density at radius 2 is 2.07 bits per heavy atom. The zero-order valence-corrected chi connectivity index (χ0v) is 9.06. The second kappa shape index (κ2) is 6.56. The van der Waals surface area contributed by atoms with Gasteiger partial charge in [0.15, 0.2) is 0 Å². The van der Waals surface area contributed by atoms with Crippen LogP contribution in [0.15, 0.2) is 6.07 Å². The summed E-state index contributed by atoms with van der Waals surface area (Å²) >= 11 is 0. The predicted octanol–water partition coefficient (Wildman–Crippen LogP) is 0.807. The van der Waals surface area contributed by atoms with E-state index in [1.54, 1.807) is 0 Å². The summed E-state index contributed by atoms with van der Waals surface area (Å²) in [5.41, 5.74) is 2.20. The highest BCUT2D eigenvalue weighted by molar-refractivity contribution is 5.05. The largest absolute Gasteiger partial charge is 0.315 e. The van der Waals surface area contributed by atoms with Gasteiger partial charge in [0.05, 0.1) is 5.69 Å². The molecule has 0 unspecified atom stereocenters. The predicted molar refractivity (Wildman–Crippen MR) is 58.2 cm³/mol. The number of hydrogen-bond acceptors (Lipinski definition) is 3. The van der Waals surface area contributed by atoms with Crippen LogP contribution in [-0.2, 0) is 6.54 Å². The highest BCUT2D eigenvalue weighted by atomic mass is 15.1. The molecule has 0 fully saturated rings. The second-order valence-corrected chi connectivity index (χ2v) is 3.47. The molecule has 0 aromatic carbocycles. The van der Waals surface area contributed by atoms with Gasteiger partial charge in [0.1, 0.15) is 0 Å². The maximum atomic E-state index is 4.14. The van der Waals surface area contributed by atoms with Gasteiger partial charge in [0.2, 0.25) is 0 Å². The van der Waals surface area contributed by atoms with Gasteiger partial charge in [0, 0.05) is 25.3 Å². The molecule has 0 radical (unpaired) electrons. The van der Waals surface area contributed by atoms with Crippen molar-refractivity contribution >= 4 is 0 Å². The second-order valence-electron chi connectivity index (χ2n) is 3.47. The lowest BCUT2D eigenvalue weighted by Gasteiger charge is -2.03. The van der Waals surface area contributed by atoms with Crippen molar-refractivity contribution in [1.29, 1.82) is 0 Å². The minimum absolute atomic E-state index is 0.845. The Balaban J connectivity index is 1.99. The zero-order chi connectivity index (χ0) is 10.2. The van der Waals surface area contributed by atoms with Crippen molar-refractivity contribution in [2.45, 2.75) is 26.8 Å². The summed E-state index contributed by atoms with van der Waals surface area (Å²) in [6, 6.07) is 2.06. The van der Waals surface area contributed by atoms with Crippen molar-refractivity contribution in [3.8, 4) is 0 Å². The highest BCUT2D eigenvalue weighted by Gasteiger charge is 1.95. The minimum atomic E-state index is 0.845. The Hall–Kier alpha value is -0.870. The number of rotatable bonds is 7. The van der Waals surface area contributed by atoms with Crippen LogP contribution in [-0.4, -0.2) is 29.8 Å². The Bertz CT molecular complexity index is 244. The molecule has 1 aromatic rings. The molecule has 14 heavy (non-hydrogen) atoms. The lowest BCUT2D eigenvalue weighted by molar-refractivity contribution is 0.601. The highest BCUT2D eigenvalue weighted by Crippen LogP contribution is 1.95. The number of aromatic nitrogens is 2. The van der Waals surface area contributed by atoms with Crippen LogP contribution in [0.2, 0.25) is 0 Å². The molecule has 0 aliphatic carbocycles. The third-order valence-corrected chi connectivity index (χ3v) is 1.97. The summed E-state index contributed by atoms with van der Waals surface area (Å²) < 4.78 is 0. The zero-order valence-electron chi connectivity index (χ0n) is 9.06. The minimum Gasteiger partial charge on any atom is -0.315 e. The fourth-order valence-corrected chi connectivity index (χ4v) is 1.26. The van der Waals surface area contributed by atoms with Gasteiger partial charge in [-0.25, -0.2) is 0 Å². The molecule has 4 heteroatoms. The third kappa shape index (κ3) is 4.39. The van der Waals surface area contributed by atoms with Gasteiger partial charge in [-0.2, -0.15) is 5.10 Å². The van der Waals surface area contributed by atoms with E-state index in [4.69, 9.17) is 0 Å².